The fourth-order valence-corrected chi connectivity index (χ4v) is 1.84. The lowest BCUT2D eigenvalue weighted by Crippen LogP contribution is -2.51. The van der Waals surface area contributed by atoms with Crippen molar-refractivity contribution in [3.05, 3.63) is 0 Å². The van der Waals surface area contributed by atoms with Crippen LogP contribution in [0.3, 0.4) is 0 Å². The first-order chi connectivity index (χ1) is 7.63. The molecule has 1 unspecified atom stereocenters. The molecule has 0 aromatic carbocycles. The molecule has 0 bridgehead atoms. The number of nitrogens with one attached hydrogen (secondary N) is 1. The molecule has 1 saturated carbocycles. The molecule has 1 atom stereocenters. The van der Waals surface area contributed by atoms with Gasteiger partial charge < -0.3 is 20.5 Å². The summed E-state index contributed by atoms with van der Waals surface area (Å²) in [4.78, 5) is 0. The second-order valence-corrected chi connectivity index (χ2v) is 5.03. The summed E-state index contributed by atoms with van der Waals surface area (Å²) < 4.78 is 10.4. The minimum atomic E-state index is -0.179. The fraction of sp³-hybridized carbons (Fsp3) is 1.00. The smallest absolute Gasteiger partial charge is 0.158 e. The second-order valence-electron chi connectivity index (χ2n) is 5.03. The van der Waals surface area contributed by atoms with Crippen LogP contribution in [0.2, 0.25) is 0 Å². The van der Waals surface area contributed by atoms with Gasteiger partial charge in [-0.15, -0.1) is 0 Å². The lowest BCUT2D eigenvalue weighted by atomic mass is 9.97. The average molecular weight is 230 g/mol. The summed E-state index contributed by atoms with van der Waals surface area (Å²) in [7, 11) is 3.32. The summed E-state index contributed by atoms with van der Waals surface area (Å²) in [6.07, 6.45) is 4.67. The van der Waals surface area contributed by atoms with Gasteiger partial charge in [0.15, 0.2) is 6.29 Å². The van der Waals surface area contributed by atoms with Crippen molar-refractivity contribution < 1.29 is 9.47 Å². The van der Waals surface area contributed by atoms with Crippen LogP contribution < -0.4 is 11.1 Å². The molecule has 0 saturated heterocycles. The molecule has 4 nitrogen and oxygen atoms in total. The predicted octanol–water partition coefficient (Wildman–Crippen LogP) is 1.10. The Balaban J connectivity index is 2.27. The topological polar surface area (TPSA) is 56.5 Å². The highest BCUT2D eigenvalue weighted by Crippen LogP contribution is 2.32. The van der Waals surface area contributed by atoms with Crippen LogP contribution in [-0.2, 0) is 9.47 Å². The van der Waals surface area contributed by atoms with E-state index in [0.29, 0.717) is 6.54 Å². The molecule has 3 N–H and O–H groups in total. The summed E-state index contributed by atoms with van der Waals surface area (Å²) in [5.74, 6) is 0.954. The van der Waals surface area contributed by atoms with E-state index < -0.39 is 0 Å². The highest BCUT2D eigenvalue weighted by atomic mass is 16.7. The van der Waals surface area contributed by atoms with Gasteiger partial charge in [0.2, 0.25) is 0 Å². The molecule has 0 radical (unpaired) electrons. The second kappa shape index (κ2) is 6.55. The first kappa shape index (κ1) is 13.9. The fourth-order valence-electron chi connectivity index (χ4n) is 1.84. The van der Waals surface area contributed by atoms with E-state index in [1.54, 1.807) is 14.2 Å². The number of rotatable bonds is 9. The van der Waals surface area contributed by atoms with Crippen molar-refractivity contribution in [2.75, 3.05) is 27.3 Å². The van der Waals surface area contributed by atoms with E-state index in [1.165, 1.54) is 19.3 Å². The minimum absolute atomic E-state index is 0.0917. The largest absolute Gasteiger partial charge is 0.356 e. The molecule has 0 aromatic rings. The van der Waals surface area contributed by atoms with Crippen LogP contribution in [0.1, 0.15) is 32.6 Å². The third-order valence-electron chi connectivity index (χ3n) is 3.39. The Morgan fingerprint density at radius 1 is 1.38 bits per heavy atom. The highest BCUT2D eigenvalue weighted by Gasteiger charge is 2.28. The molecular weight excluding hydrogens is 204 g/mol. The van der Waals surface area contributed by atoms with Gasteiger partial charge in [-0.1, -0.05) is 12.8 Å². The zero-order valence-corrected chi connectivity index (χ0v) is 10.8. The first-order valence-corrected chi connectivity index (χ1v) is 6.14. The van der Waals surface area contributed by atoms with E-state index in [4.69, 9.17) is 15.2 Å². The minimum Gasteiger partial charge on any atom is -0.356 e. The van der Waals surface area contributed by atoms with E-state index >= 15 is 0 Å². The van der Waals surface area contributed by atoms with Gasteiger partial charge in [-0.2, -0.15) is 0 Å². The molecule has 0 amide bonds. The molecule has 96 valence electrons. The molecule has 1 aliphatic carbocycles. The maximum absolute atomic E-state index is 5.82. The summed E-state index contributed by atoms with van der Waals surface area (Å²) in [6.45, 7) is 3.77. The summed E-state index contributed by atoms with van der Waals surface area (Å²) >= 11 is 0. The third-order valence-corrected chi connectivity index (χ3v) is 3.39. The van der Waals surface area contributed by atoms with E-state index in [0.717, 1.165) is 18.9 Å². The normalized spacial score (nSPS) is 20.1. The van der Waals surface area contributed by atoms with Crippen LogP contribution in [0.5, 0.6) is 0 Å². The Hall–Kier alpha value is -0.160. The van der Waals surface area contributed by atoms with Gasteiger partial charge in [0.1, 0.15) is 0 Å². The third kappa shape index (κ3) is 4.78. The maximum atomic E-state index is 5.82. The van der Waals surface area contributed by atoms with Crippen LogP contribution in [0.15, 0.2) is 0 Å². The molecule has 16 heavy (non-hydrogen) atoms. The molecule has 0 heterocycles. The Labute approximate surface area is 98.9 Å². The Morgan fingerprint density at radius 2 is 2.00 bits per heavy atom. The van der Waals surface area contributed by atoms with Crippen molar-refractivity contribution in [2.24, 2.45) is 11.7 Å². The van der Waals surface area contributed by atoms with Crippen molar-refractivity contribution in [3.63, 3.8) is 0 Å². The SMILES string of the molecule is COC(CC(C)(CN)NCCC1CC1)OC. The average Bonchev–Trinajstić information content (AvgIpc) is 3.10. The quantitative estimate of drug-likeness (QED) is 0.582. The van der Waals surface area contributed by atoms with Crippen LogP contribution >= 0.6 is 0 Å². The van der Waals surface area contributed by atoms with Crippen LogP contribution in [0.25, 0.3) is 0 Å². The number of ether oxygens (including phenoxy) is 2. The number of nitrogens with two attached hydrogens (primary N) is 1. The first-order valence-electron chi connectivity index (χ1n) is 6.14. The lowest BCUT2D eigenvalue weighted by molar-refractivity contribution is -0.117. The lowest BCUT2D eigenvalue weighted by Gasteiger charge is -2.32. The zero-order chi connectivity index (χ0) is 12.0. The summed E-state index contributed by atoms with van der Waals surface area (Å²) in [6, 6.07) is 0. The molecule has 1 aliphatic rings. The van der Waals surface area contributed by atoms with Gasteiger partial charge in [0.25, 0.3) is 0 Å². The number of hydrogen-bond donors (Lipinski definition) is 2. The summed E-state index contributed by atoms with van der Waals surface area (Å²) in [5.41, 5.74) is 5.73. The maximum Gasteiger partial charge on any atom is 0.158 e. The van der Waals surface area contributed by atoms with Crippen molar-refractivity contribution >= 4 is 0 Å². The van der Waals surface area contributed by atoms with E-state index in [9.17, 15) is 0 Å². The van der Waals surface area contributed by atoms with Crippen LogP contribution in [0.4, 0.5) is 0 Å². The Kier molecular flexibility index (Phi) is 5.69. The Bertz CT molecular complexity index is 193. The van der Waals surface area contributed by atoms with Gasteiger partial charge in [-0.25, -0.2) is 0 Å². The molecule has 1 rings (SSSR count). The molecule has 0 aliphatic heterocycles. The van der Waals surface area contributed by atoms with E-state index in [1.807, 2.05) is 0 Å². The zero-order valence-electron chi connectivity index (χ0n) is 10.8. The highest BCUT2D eigenvalue weighted by molar-refractivity contribution is 4.86. The van der Waals surface area contributed by atoms with Crippen LogP contribution in [0, 0.1) is 5.92 Å². The van der Waals surface area contributed by atoms with Crippen molar-refractivity contribution in [1.82, 2.24) is 5.32 Å². The summed E-state index contributed by atoms with van der Waals surface area (Å²) in [5, 5.41) is 3.53. The van der Waals surface area contributed by atoms with Crippen molar-refractivity contribution in [2.45, 2.75) is 44.4 Å². The van der Waals surface area contributed by atoms with Crippen LogP contribution in [-0.4, -0.2) is 39.1 Å². The van der Waals surface area contributed by atoms with Gasteiger partial charge in [0.05, 0.1) is 0 Å². The molecule has 4 heteroatoms. The predicted molar refractivity (Wildman–Crippen MR) is 65.2 cm³/mol. The Morgan fingerprint density at radius 3 is 2.44 bits per heavy atom. The molecule has 0 aromatic heterocycles. The number of hydrogen-bond acceptors (Lipinski definition) is 4. The monoisotopic (exact) mass is 230 g/mol. The standard InChI is InChI=1S/C12H26N2O2/c1-12(9-13,8-11(15-2)16-3)14-7-6-10-4-5-10/h10-11,14H,4-9,13H2,1-3H3. The van der Waals surface area contributed by atoms with Gasteiger partial charge in [-0.3, -0.25) is 0 Å². The molecule has 1 fully saturated rings. The van der Waals surface area contributed by atoms with E-state index in [2.05, 4.69) is 12.2 Å². The van der Waals surface area contributed by atoms with Gasteiger partial charge >= 0.3 is 0 Å². The van der Waals surface area contributed by atoms with Crippen molar-refractivity contribution in [3.8, 4) is 0 Å². The van der Waals surface area contributed by atoms with Gasteiger partial charge in [-0.05, 0) is 25.8 Å². The number of methoxy groups -OCH3 is 2. The van der Waals surface area contributed by atoms with Gasteiger partial charge in [0, 0.05) is 32.7 Å². The molecular formula is C12H26N2O2. The van der Waals surface area contributed by atoms with Crippen molar-refractivity contribution in [1.29, 1.82) is 0 Å². The molecule has 0 spiro atoms. The van der Waals surface area contributed by atoms with E-state index in [-0.39, 0.29) is 11.8 Å².